The van der Waals surface area contributed by atoms with E-state index in [9.17, 15) is 8.42 Å². The molecular formula is C22H25N5O2S2. The van der Waals surface area contributed by atoms with Gasteiger partial charge in [0.1, 0.15) is 0 Å². The average Bonchev–Trinajstić information content (AvgIpc) is 3.17. The zero-order valence-corrected chi connectivity index (χ0v) is 19.4. The average molecular weight is 456 g/mol. The summed E-state index contributed by atoms with van der Waals surface area (Å²) in [4.78, 5) is 0.278. The lowest BCUT2D eigenvalue weighted by Crippen LogP contribution is -2.25. The van der Waals surface area contributed by atoms with Crippen LogP contribution in [-0.2, 0) is 15.8 Å². The number of aromatic nitrogens is 4. The molecule has 2 aromatic heterocycles. The number of thioether (sulfide) groups is 1. The Bertz CT molecular complexity index is 1350. The molecule has 0 atom stereocenters. The molecule has 0 radical (unpaired) electrons. The van der Waals surface area contributed by atoms with Crippen LogP contribution in [0, 0.1) is 6.92 Å². The van der Waals surface area contributed by atoms with Crippen LogP contribution in [0.25, 0.3) is 27.7 Å². The Balaban J connectivity index is 1.91. The van der Waals surface area contributed by atoms with Gasteiger partial charge in [-0.05, 0) is 31.2 Å². The van der Waals surface area contributed by atoms with E-state index in [1.165, 1.54) is 0 Å². The van der Waals surface area contributed by atoms with Crippen molar-refractivity contribution in [1.29, 1.82) is 0 Å². The molecule has 0 unspecified atom stereocenters. The van der Waals surface area contributed by atoms with Crippen LogP contribution >= 0.6 is 11.8 Å². The first kappa shape index (κ1) is 21.7. The standard InChI is InChI=1S/C22H25N5O2S2/c1-4-5-12-23-31(28,29)19-13-16(11-10-15(19)2)21-17-8-6-7-9-18(17)22-25-24-20(14-30-3)27(22)26-21/h6-11,13,23H,4-5,12,14H2,1-3H3. The maximum Gasteiger partial charge on any atom is 0.240 e. The highest BCUT2D eigenvalue weighted by Gasteiger charge is 2.20. The van der Waals surface area contributed by atoms with Crippen molar-refractivity contribution in [1.82, 2.24) is 24.5 Å². The Morgan fingerprint density at radius 2 is 1.87 bits per heavy atom. The lowest BCUT2D eigenvalue weighted by Gasteiger charge is -2.13. The normalized spacial score (nSPS) is 12.1. The van der Waals surface area contributed by atoms with Gasteiger partial charge in [-0.1, -0.05) is 49.7 Å². The van der Waals surface area contributed by atoms with Crippen LogP contribution in [0.1, 0.15) is 31.2 Å². The number of nitrogens with zero attached hydrogens (tertiary/aromatic N) is 4. The van der Waals surface area contributed by atoms with E-state index in [0.717, 1.165) is 35.0 Å². The summed E-state index contributed by atoms with van der Waals surface area (Å²) in [5, 5.41) is 15.3. The van der Waals surface area contributed by atoms with Gasteiger partial charge in [-0.15, -0.1) is 10.2 Å². The van der Waals surface area contributed by atoms with Crippen molar-refractivity contribution in [3.8, 4) is 11.3 Å². The fourth-order valence-corrected chi connectivity index (χ4v) is 5.33. The van der Waals surface area contributed by atoms with E-state index in [1.54, 1.807) is 22.3 Å². The van der Waals surface area contributed by atoms with E-state index in [1.807, 2.05) is 56.5 Å². The molecule has 0 amide bonds. The van der Waals surface area contributed by atoms with Crippen LogP contribution in [0.15, 0.2) is 47.4 Å². The van der Waals surface area contributed by atoms with E-state index in [2.05, 4.69) is 14.9 Å². The fourth-order valence-electron chi connectivity index (χ4n) is 3.55. The lowest BCUT2D eigenvalue weighted by atomic mass is 10.0. The van der Waals surface area contributed by atoms with Gasteiger partial charge >= 0.3 is 0 Å². The van der Waals surface area contributed by atoms with Crippen LogP contribution in [0.2, 0.25) is 0 Å². The maximum absolute atomic E-state index is 12.9. The third kappa shape index (κ3) is 4.17. The second kappa shape index (κ2) is 8.94. The molecule has 31 heavy (non-hydrogen) atoms. The van der Waals surface area contributed by atoms with Gasteiger partial charge in [0.05, 0.1) is 16.3 Å². The SMILES string of the molecule is CCCCNS(=O)(=O)c1cc(-c2nn3c(CSC)nnc3c3ccccc23)ccc1C. The predicted octanol–water partition coefficient (Wildman–Crippen LogP) is 4.19. The van der Waals surface area contributed by atoms with Crippen molar-refractivity contribution in [3.63, 3.8) is 0 Å². The Labute approximate surface area is 186 Å². The van der Waals surface area contributed by atoms with Crippen LogP contribution in [0.3, 0.4) is 0 Å². The molecule has 0 bridgehead atoms. The molecule has 2 aromatic carbocycles. The zero-order valence-electron chi connectivity index (χ0n) is 17.8. The maximum atomic E-state index is 12.9. The molecular weight excluding hydrogens is 430 g/mol. The van der Waals surface area contributed by atoms with Crippen LogP contribution in [-0.4, -0.2) is 41.0 Å². The number of sulfonamides is 1. The third-order valence-electron chi connectivity index (χ3n) is 5.18. The number of rotatable bonds is 8. The first-order valence-corrected chi connectivity index (χ1v) is 13.1. The molecule has 4 rings (SSSR count). The van der Waals surface area contributed by atoms with Crippen molar-refractivity contribution >= 4 is 38.2 Å². The van der Waals surface area contributed by atoms with Gasteiger partial charge in [0, 0.05) is 22.9 Å². The number of hydrogen-bond donors (Lipinski definition) is 1. The van der Waals surface area contributed by atoms with E-state index in [-0.39, 0.29) is 4.90 Å². The third-order valence-corrected chi connectivity index (χ3v) is 7.33. The highest BCUT2D eigenvalue weighted by Crippen LogP contribution is 2.31. The van der Waals surface area contributed by atoms with Crippen LogP contribution < -0.4 is 4.72 Å². The summed E-state index contributed by atoms with van der Waals surface area (Å²) < 4.78 is 30.3. The summed E-state index contributed by atoms with van der Waals surface area (Å²) in [6.45, 7) is 4.26. The Hall–Kier alpha value is -2.49. The largest absolute Gasteiger partial charge is 0.240 e. The molecule has 0 aliphatic carbocycles. The molecule has 0 spiro atoms. The Morgan fingerprint density at radius 1 is 1.10 bits per heavy atom. The van der Waals surface area contributed by atoms with Crippen molar-refractivity contribution in [2.45, 2.75) is 37.3 Å². The molecule has 7 nitrogen and oxygen atoms in total. The van der Waals surface area contributed by atoms with Gasteiger partial charge in [-0.25, -0.2) is 13.1 Å². The van der Waals surface area contributed by atoms with Gasteiger partial charge in [0.25, 0.3) is 0 Å². The first-order chi connectivity index (χ1) is 15.0. The van der Waals surface area contributed by atoms with E-state index >= 15 is 0 Å². The summed E-state index contributed by atoms with van der Waals surface area (Å²) in [5.74, 6) is 1.44. The van der Waals surface area contributed by atoms with Gasteiger partial charge < -0.3 is 0 Å². The number of fused-ring (bicyclic) bond motifs is 3. The van der Waals surface area contributed by atoms with Gasteiger partial charge in [0.2, 0.25) is 10.0 Å². The van der Waals surface area contributed by atoms with E-state index in [4.69, 9.17) is 5.10 Å². The number of benzene rings is 2. The predicted molar refractivity (Wildman–Crippen MR) is 126 cm³/mol. The smallest absolute Gasteiger partial charge is 0.211 e. The van der Waals surface area contributed by atoms with Crippen molar-refractivity contribution < 1.29 is 8.42 Å². The number of unbranched alkanes of at least 4 members (excludes halogenated alkanes) is 1. The molecule has 162 valence electrons. The topological polar surface area (TPSA) is 89.2 Å². The Kier molecular flexibility index (Phi) is 6.27. The number of aryl methyl sites for hydroxylation is 1. The van der Waals surface area contributed by atoms with Crippen LogP contribution in [0.5, 0.6) is 0 Å². The monoisotopic (exact) mass is 455 g/mol. The summed E-state index contributed by atoms with van der Waals surface area (Å²) in [5.41, 5.74) is 2.84. The van der Waals surface area contributed by atoms with E-state index in [0.29, 0.717) is 29.2 Å². The fraction of sp³-hybridized carbons (Fsp3) is 0.318. The molecule has 4 aromatic rings. The van der Waals surface area contributed by atoms with Gasteiger partial charge in [0.15, 0.2) is 11.5 Å². The summed E-state index contributed by atoms with van der Waals surface area (Å²) in [6, 6.07) is 13.3. The molecule has 2 heterocycles. The summed E-state index contributed by atoms with van der Waals surface area (Å²) >= 11 is 1.65. The zero-order chi connectivity index (χ0) is 22.0. The number of hydrogen-bond acceptors (Lipinski definition) is 6. The van der Waals surface area contributed by atoms with Gasteiger partial charge in [-0.2, -0.15) is 21.4 Å². The summed E-state index contributed by atoms with van der Waals surface area (Å²) in [7, 11) is -3.61. The molecule has 0 aliphatic rings. The minimum absolute atomic E-state index is 0.278. The highest BCUT2D eigenvalue weighted by molar-refractivity contribution is 7.97. The molecule has 9 heteroatoms. The summed E-state index contributed by atoms with van der Waals surface area (Å²) in [6.07, 6.45) is 3.73. The quantitative estimate of drug-likeness (QED) is 0.401. The minimum atomic E-state index is -3.61. The van der Waals surface area contributed by atoms with Crippen molar-refractivity contribution in [2.75, 3.05) is 12.8 Å². The molecule has 0 saturated carbocycles. The lowest BCUT2D eigenvalue weighted by molar-refractivity contribution is 0.578. The molecule has 0 saturated heterocycles. The Morgan fingerprint density at radius 3 is 2.61 bits per heavy atom. The first-order valence-electron chi connectivity index (χ1n) is 10.2. The molecule has 1 N–H and O–H groups in total. The van der Waals surface area contributed by atoms with Crippen LogP contribution in [0.4, 0.5) is 0 Å². The minimum Gasteiger partial charge on any atom is -0.211 e. The molecule has 0 fully saturated rings. The number of nitrogens with one attached hydrogen (secondary N) is 1. The second-order valence-electron chi connectivity index (χ2n) is 7.41. The van der Waals surface area contributed by atoms with E-state index < -0.39 is 10.0 Å². The highest BCUT2D eigenvalue weighted by atomic mass is 32.2. The molecule has 0 aliphatic heterocycles. The van der Waals surface area contributed by atoms with Gasteiger partial charge in [-0.3, -0.25) is 0 Å². The second-order valence-corrected chi connectivity index (χ2v) is 10.0. The van der Waals surface area contributed by atoms with Crippen molar-refractivity contribution in [3.05, 3.63) is 53.9 Å². The van der Waals surface area contributed by atoms with Crippen molar-refractivity contribution in [2.24, 2.45) is 0 Å².